The third-order valence-corrected chi connectivity index (χ3v) is 2.79. The van der Waals surface area contributed by atoms with Crippen LogP contribution in [0, 0.1) is 5.92 Å². The Morgan fingerprint density at radius 1 is 1.56 bits per heavy atom. The molecule has 1 rings (SSSR count). The van der Waals surface area contributed by atoms with Gasteiger partial charge in [-0.15, -0.1) is 0 Å². The molecule has 0 saturated carbocycles. The molecule has 5 nitrogen and oxygen atoms in total. The van der Waals surface area contributed by atoms with E-state index in [-0.39, 0.29) is 17.9 Å². The largest absolute Gasteiger partial charge is 0.468 e. The smallest absolute Gasteiger partial charge is 0.323 e. The van der Waals surface area contributed by atoms with Crippen LogP contribution in [0.15, 0.2) is 0 Å². The van der Waals surface area contributed by atoms with Gasteiger partial charge in [-0.25, -0.2) is 0 Å². The lowest BCUT2D eigenvalue weighted by Crippen LogP contribution is -2.47. The number of rotatable bonds is 6. The Morgan fingerprint density at radius 2 is 2.38 bits per heavy atom. The van der Waals surface area contributed by atoms with Crippen molar-refractivity contribution in [3.63, 3.8) is 0 Å². The number of hydrogen-bond acceptors (Lipinski definition) is 5. The van der Waals surface area contributed by atoms with Gasteiger partial charge in [-0.3, -0.25) is 4.79 Å². The van der Waals surface area contributed by atoms with Gasteiger partial charge in [0.1, 0.15) is 6.04 Å². The van der Waals surface area contributed by atoms with Gasteiger partial charge in [-0.1, -0.05) is 0 Å². The molecule has 16 heavy (non-hydrogen) atoms. The molecule has 1 heterocycles. The SMILES string of the molecule is COCCNC(C(=O)OC)C1CCCOC1. The molecule has 0 bridgehead atoms. The molecule has 5 heteroatoms. The molecule has 1 N–H and O–H groups in total. The number of ether oxygens (including phenoxy) is 3. The highest BCUT2D eigenvalue weighted by molar-refractivity contribution is 5.76. The van der Waals surface area contributed by atoms with E-state index in [2.05, 4.69) is 5.32 Å². The first-order valence-corrected chi connectivity index (χ1v) is 5.67. The zero-order valence-corrected chi connectivity index (χ0v) is 10.0. The van der Waals surface area contributed by atoms with Crippen LogP contribution in [0.25, 0.3) is 0 Å². The molecule has 2 atom stereocenters. The maximum absolute atomic E-state index is 11.6. The van der Waals surface area contributed by atoms with Gasteiger partial charge in [0.25, 0.3) is 0 Å². The van der Waals surface area contributed by atoms with E-state index in [1.54, 1.807) is 7.11 Å². The minimum atomic E-state index is -0.277. The van der Waals surface area contributed by atoms with Crippen LogP contribution in [-0.2, 0) is 19.0 Å². The second-order valence-electron chi connectivity index (χ2n) is 3.92. The zero-order valence-electron chi connectivity index (χ0n) is 10.0. The first kappa shape index (κ1) is 13.4. The third kappa shape index (κ3) is 4.08. The average Bonchev–Trinajstić information content (AvgIpc) is 2.35. The average molecular weight is 231 g/mol. The molecule has 0 aromatic rings. The molecule has 0 aromatic heterocycles. The van der Waals surface area contributed by atoms with E-state index in [0.29, 0.717) is 19.8 Å². The van der Waals surface area contributed by atoms with Crippen LogP contribution in [-0.4, -0.2) is 52.6 Å². The topological polar surface area (TPSA) is 56.8 Å². The lowest BCUT2D eigenvalue weighted by Gasteiger charge is -2.29. The number of carbonyl (C=O) groups is 1. The molecule has 94 valence electrons. The second-order valence-corrected chi connectivity index (χ2v) is 3.92. The predicted molar refractivity (Wildman–Crippen MR) is 59.2 cm³/mol. The van der Waals surface area contributed by atoms with E-state index in [1.165, 1.54) is 7.11 Å². The van der Waals surface area contributed by atoms with Crippen molar-refractivity contribution in [1.29, 1.82) is 0 Å². The lowest BCUT2D eigenvalue weighted by atomic mass is 9.93. The normalized spacial score (nSPS) is 22.8. The predicted octanol–water partition coefficient (Wildman–Crippen LogP) is 0.191. The molecular weight excluding hydrogens is 210 g/mol. The van der Waals surface area contributed by atoms with E-state index in [9.17, 15) is 4.79 Å². The van der Waals surface area contributed by atoms with Crippen LogP contribution in [0.4, 0.5) is 0 Å². The highest BCUT2D eigenvalue weighted by atomic mass is 16.5. The Balaban J connectivity index is 2.44. The van der Waals surface area contributed by atoms with Crippen molar-refractivity contribution in [2.75, 3.05) is 40.6 Å². The van der Waals surface area contributed by atoms with E-state index in [4.69, 9.17) is 14.2 Å². The Morgan fingerprint density at radius 3 is 2.94 bits per heavy atom. The van der Waals surface area contributed by atoms with Crippen molar-refractivity contribution in [2.45, 2.75) is 18.9 Å². The van der Waals surface area contributed by atoms with Crippen molar-refractivity contribution in [3.05, 3.63) is 0 Å². The van der Waals surface area contributed by atoms with E-state index < -0.39 is 0 Å². The molecule has 1 saturated heterocycles. The Bertz CT molecular complexity index is 204. The molecule has 1 fully saturated rings. The summed E-state index contributed by atoms with van der Waals surface area (Å²) >= 11 is 0. The highest BCUT2D eigenvalue weighted by Crippen LogP contribution is 2.18. The van der Waals surface area contributed by atoms with Crippen molar-refractivity contribution in [2.24, 2.45) is 5.92 Å². The molecule has 0 amide bonds. The van der Waals surface area contributed by atoms with E-state index in [0.717, 1.165) is 19.4 Å². The monoisotopic (exact) mass is 231 g/mol. The summed E-state index contributed by atoms with van der Waals surface area (Å²) in [6.07, 6.45) is 2.00. The number of esters is 1. The van der Waals surface area contributed by atoms with Crippen molar-refractivity contribution in [3.8, 4) is 0 Å². The van der Waals surface area contributed by atoms with Gasteiger partial charge in [-0.2, -0.15) is 0 Å². The molecule has 0 radical (unpaired) electrons. The summed E-state index contributed by atoms with van der Waals surface area (Å²) in [7, 11) is 3.05. The van der Waals surface area contributed by atoms with Crippen LogP contribution in [0.2, 0.25) is 0 Å². The summed E-state index contributed by atoms with van der Waals surface area (Å²) in [4.78, 5) is 11.6. The summed E-state index contributed by atoms with van der Waals surface area (Å²) in [5.41, 5.74) is 0. The summed E-state index contributed by atoms with van der Waals surface area (Å²) in [5, 5.41) is 3.16. The maximum Gasteiger partial charge on any atom is 0.323 e. The van der Waals surface area contributed by atoms with Gasteiger partial charge in [-0.05, 0) is 12.8 Å². The van der Waals surface area contributed by atoms with Crippen molar-refractivity contribution < 1.29 is 19.0 Å². The van der Waals surface area contributed by atoms with Crippen LogP contribution in [0.1, 0.15) is 12.8 Å². The molecule has 1 aliphatic rings. The summed E-state index contributed by atoms with van der Waals surface area (Å²) in [6, 6.07) is -0.277. The Labute approximate surface area is 96.4 Å². The number of nitrogens with one attached hydrogen (secondary N) is 1. The van der Waals surface area contributed by atoms with Crippen LogP contribution >= 0.6 is 0 Å². The van der Waals surface area contributed by atoms with Gasteiger partial charge < -0.3 is 19.5 Å². The minimum absolute atomic E-state index is 0.207. The number of carbonyl (C=O) groups excluding carboxylic acids is 1. The molecule has 0 aliphatic carbocycles. The Kier molecular flexibility index (Phi) is 6.37. The van der Waals surface area contributed by atoms with Gasteiger partial charge in [0, 0.05) is 26.2 Å². The maximum atomic E-state index is 11.6. The summed E-state index contributed by atoms with van der Waals surface area (Å²) in [5.74, 6) is -0.00957. The Hall–Kier alpha value is -0.650. The summed E-state index contributed by atoms with van der Waals surface area (Å²) < 4.78 is 15.1. The summed E-state index contributed by atoms with van der Waals surface area (Å²) in [6.45, 7) is 2.65. The fourth-order valence-corrected chi connectivity index (χ4v) is 1.91. The van der Waals surface area contributed by atoms with Crippen molar-refractivity contribution in [1.82, 2.24) is 5.32 Å². The van der Waals surface area contributed by atoms with Crippen LogP contribution in [0.3, 0.4) is 0 Å². The molecular formula is C11H21NO4. The standard InChI is InChI=1S/C11H21NO4/c1-14-7-5-12-10(11(13)15-2)9-4-3-6-16-8-9/h9-10,12H,3-8H2,1-2H3. The van der Waals surface area contributed by atoms with Gasteiger partial charge in [0.15, 0.2) is 0 Å². The van der Waals surface area contributed by atoms with Crippen molar-refractivity contribution >= 4 is 5.97 Å². The molecule has 1 aliphatic heterocycles. The minimum Gasteiger partial charge on any atom is -0.468 e. The molecule has 0 aromatic carbocycles. The second kappa shape index (κ2) is 7.60. The first-order chi connectivity index (χ1) is 7.79. The van der Waals surface area contributed by atoms with Gasteiger partial charge in [0.2, 0.25) is 0 Å². The van der Waals surface area contributed by atoms with Crippen LogP contribution < -0.4 is 5.32 Å². The van der Waals surface area contributed by atoms with Gasteiger partial charge in [0.05, 0.1) is 20.3 Å². The quantitative estimate of drug-likeness (QED) is 0.522. The molecule has 0 spiro atoms. The third-order valence-electron chi connectivity index (χ3n) is 2.79. The number of hydrogen-bond donors (Lipinski definition) is 1. The van der Waals surface area contributed by atoms with E-state index in [1.807, 2.05) is 0 Å². The van der Waals surface area contributed by atoms with Crippen LogP contribution in [0.5, 0.6) is 0 Å². The zero-order chi connectivity index (χ0) is 11.8. The van der Waals surface area contributed by atoms with Gasteiger partial charge >= 0.3 is 5.97 Å². The highest BCUT2D eigenvalue weighted by Gasteiger charge is 2.30. The fourth-order valence-electron chi connectivity index (χ4n) is 1.91. The fraction of sp³-hybridized carbons (Fsp3) is 0.909. The lowest BCUT2D eigenvalue weighted by molar-refractivity contribution is -0.146. The number of methoxy groups -OCH3 is 2. The van der Waals surface area contributed by atoms with E-state index >= 15 is 0 Å². The first-order valence-electron chi connectivity index (χ1n) is 5.67. The molecule has 2 unspecified atom stereocenters.